The summed E-state index contributed by atoms with van der Waals surface area (Å²) in [5, 5.41) is 13.6. The van der Waals surface area contributed by atoms with Gasteiger partial charge in [-0.25, -0.2) is 0 Å². The van der Waals surface area contributed by atoms with E-state index in [9.17, 15) is 0 Å². The molecule has 1 heterocycles. The van der Waals surface area contributed by atoms with E-state index >= 15 is 0 Å². The molecule has 1 N–H and O–H groups in total. The number of nitrogens with zero attached hydrogens (tertiary/aromatic N) is 3. The summed E-state index contributed by atoms with van der Waals surface area (Å²) < 4.78 is 2.45. The van der Waals surface area contributed by atoms with E-state index < -0.39 is 0 Å². The van der Waals surface area contributed by atoms with E-state index in [0.29, 0.717) is 12.0 Å². The third-order valence-electron chi connectivity index (χ3n) is 4.26. The molecule has 118 valence electrons. The highest BCUT2D eigenvalue weighted by atomic mass is 32.2. The summed E-state index contributed by atoms with van der Waals surface area (Å²) >= 11 is 1.88. The molecule has 3 rings (SSSR count). The smallest absolute Gasteiger partial charge is 0.191 e. The molecule has 0 saturated heterocycles. The molecule has 0 aliphatic heterocycles. The Labute approximate surface area is 132 Å². The van der Waals surface area contributed by atoms with Gasteiger partial charge in [0.25, 0.3) is 0 Å². The topological polar surface area (TPSA) is 42.7 Å². The summed E-state index contributed by atoms with van der Waals surface area (Å²) in [5.41, 5.74) is 0. The molecule has 21 heavy (non-hydrogen) atoms. The van der Waals surface area contributed by atoms with E-state index in [2.05, 4.69) is 27.0 Å². The summed E-state index contributed by atoms with van der Waals surface area (Å²) in [6, 6.07) is 0.708. The highest BCUT2D eigenvalue weighted by molar-refractivity contribution is 7.99. The molecule has 2 fully saturated rings. The summed E-state index contributed by atoms with van der Waals surface area (Å²) in [7, 11) is 0. The number of aromatic nitrogens is 3. The Balaban J connectivity index is 1.37. The normalized spacial score (nSPS) is 18.3. The molecule has 0 amide bonds. The number of unbranched alkanes of at least 4 members (excludes halogenated alkanes) is 3. The second-order valence-corrected chi connectivity index (χ2v) is 7.44. The third kappa shape index (κ3) is 4.46. The molecule has 2 saturated carbocycles. The SMILES string of the molecule is CCCCCCNCCSc1nnc(C2CC2)n1C1CC1. The lowest BCUT2D eigenvalue weighted by atomic mass is 10.2. The molecular formula is C16H28N4S. The van der Waals surface area contributed by atoms with Crippen LogP contribution in [0, 0.1) is 0 Å². The van der Waals surface area contributed by atoms with Crippen LogP contribution in [0.2, 0.25) is 0 Å². The number of hydrogen-bond donors (Lipinski definition) is 1. The molecule has 0 spiro atoms. The van der Waals surface area contributed by atoms with Gasteiger partial charge in [-0.2, -0.15) is 0 Å². The van der Waals surface area contributed by atoms with Crippen LogP contribution in [0.5, 0.6) is 0 Å². The first-order chi connectivity index (χ1) is 10.4. The van der Waals surface area contributed by atoms with Crippen molar-refractivity contribution < 1.29 is 0 Å². The van der Waals surface area contributed by atoms with Gasteiger partial charge < -0.3 is 9.88 Å². The van der Waals surface area contributed by atoms with Gasteiger partial charge >= 0.3 is 0 Å². The highest BCUT2D eigenvalue weighted by Crippen LogP contribution is 2.45. The number of rotatable bonds is 11. The third-order valence-corrected chi connectivity index (χ3v) is 5.21. The van der Waals surface area contributed by atoms with E-state index in [4.69, 9.17) is 0 Å². The van der Waals surface area contributed by atoms with Crippen molar-refractivity contribution in [3.05, 3.63) is 5.82 Å². The van der Waals surface area contributed by atoms with Crippen molar-refractivity contribution in [2.75, 3.05) is 18.8 Å². The molecule has 0 unspecified atom stereocenters. The van der Waals surface area contributed by atoms with Crippen LogP contribution in [0.3, 0.4) is 0 Å². The van der Waals surface area contributed by atoms with Gasteiger partial charge in [-0.15, -0.1) is 10.2 Å². The summed E-state index contributed by atoms with van der Waals surface area (Å²) in [5.74, 6) is 3.08. The van der Waals surface area contributed by atoms with Crippen LogP contribution in [-0.2, 0) is 0 Å². The fourth-order valence-corrected chi connectivity index (χ4v) is 3.61. The summed E-state index contributed by atoms with van der Waals surface area (Å²) in [6.07, 6.45) is 10.6. The van der Waals surface area contributed by atoms with Gasteiger partial charge in [0.2, 0.25) is 0 Å². The Morgan fingerprint density at radius 3 is 2.67 bits per heavy atom. The molecule has 2 aliphatic rings. The molecule has 2 aliphatic carbocycles. The van der Waals surface area contributed by atoms with Crippen LogP contribution in [0.1, 0.15) is 76.1 Å². The lowest BCUT2D eigenvalue weighted by molar-refractivity contribution is 0.610. The van der Waals surface area contributed by atoms with Gasteiger partial charge in [0.05, 0.1) is 0 Å². The fraction of sp³-hybridized carbons (Fsp3) is 0.875. The lowest BCUT2D eigenvalue weighted by Crippen LogP contribution is -2.18. The van der Waals surface area contributed by atoms with Crippen molar-refractivity contribution in [1.82, 2.24) is 20.1 Å². The van der Waals surface area contributed by atoms with Crippen LogP contribution in [0.4, 0.5) is 0 Å². The summed E-state index contributed by atoms with van der Waals surface area (Å²) in [4.78, 5) is 0. The summed E-state index contributed by atoms with van der Waals surface area (Å²) in [6.45, 7) is 4.49. The fourth-order valence-electron chi connectivity index (χ4n) is 2.70. The molecule has 4 nitrogen and oxygen atoms in total. The Hall–Kier alpha value is -0.550. The molecule has 1 aromatic heterocycles. The quantitative estimate of drug-likeness (QED) is 0.499. The Morgan fingerprint density at radius 1 is 1.10 bits per heavy atom. The zero-order valence-corrected chi connectivity index (χ0v) is 14.0. The maximum Gasteiger partial charge on any atom is 0.191 e. The Bertz CT molecular complexity index is 437. The first-order valence-corrected chi connectivity index (χ1v) is 9.67. The predicted octanol–water partition coefficient (Wildman–Crippen LogP) is 3.75. The number of thioether (sulfide) groups is 1. The zero-order chi connectivity index (χ0) is 14.5. The minimum atomic E-state index is 0.708. The van der Waals surface area contributed by atoms with Gasteiger partial charge in [0.15, 0.2) is 5.16 Å². The highest BCUT2D eigenvalue weighted by Gasteiger charge is 2.36. The second-order valence-electron chi connectivity index (χ2n) is 6.38. The van der Waals surface area contributed by atoms with Crippen molar-refractivity contribution >= 4 is 11.8 Å². The van der Waals surface area contributed by atoms with E-state index in [-0.39, 0.29) is 0 Å². The van der Waals surface area contributed by atoms with E-state index in [1.54, 1.807) is 0 Å². The van der Waals surface area contributed by atoms with Crippen molar-refractivity contribution in [3.8, 4) is 0 Å². The van der Waals surface area contributed by atoms with E-state index in [0.717, 1.165) is 24.0 Å². The van der Waals surface area contributed by atoms with E-state index in [1.807, 2.05) is 11.8 Å². The minimum absolute atomic E-state index is 0.708. The van der Waals surface area contributed by atoms with Gasteiger partial charge in [-0.05, 0) is 38.6 Å². The lowest BCUT2D eigenvalue weighted by Gasteiger charge is -2.08. The number of hydrogen-bond acceptors (Lipinski definition) is 4. The Morgan fingerprint density at radius 2 is 1.95 bits per heavy atom. The maximum absolute atomic E-state index is 4.46. The van der Waals surface area contributed by atoms with Crippen molar-refractivity contribution in [2.45, 2.75) is 75.4 Å². The largest absolute Gasteiger partial charge is 0.316 e. The second kappa shape index (κ2) is 7.63. The van der Waals surface area contributed by atoms with E-state index in [1.165, 1.54) is 57.2 Å². The van der Waals surface area contributed by atoms with Crippen LogP contribution >= 0.6 is 11.8 Å². The number of nitrogens with one attached hydrogen (secondary N) is 1. The predicted molar refractivity (Wildman–Crippen MR) is 88.0 cm³/mol. The van der Waals surface area contributed by atoms with Gasteiger partial charge in [0.1, 0.15) is 5.82 Å². The molecular weight excluding hydrogens is 280 g/mol. The van der Waals surface area contributed by atoms with Gasteiger partial charge in [-0.1, -0.05) is 37.9 Å². The van der Waals surface area contributed by atoms with Crippen LogP contribution in [0.15, 0.2) is 5.16 Å². The monoisotopic (exact) mass is 308 g/mol. The first-order valence-electron chi connectivity index (χ1n) is 8.68. The van der Waals surface area contributed by atoms with Crippen LogP contribution in [0.25, 0.3) is 0 Å². The van der Waals surface area contributed by atoms with Crippen molar-refractivity contribution in [3.63, 3.8) is 0 Å². The molecule has 0 aromatic carbocycles. The Kier molecular flexibility index (Phi) is 5.58. The molecule has 5 heteroatoms. The van der Waals surface area contributed by atoms with Gasteiger partial charge in [-0.3, -0.25) is 0 Å². The first kappa shape index (κ1) is 15.3. The molecule has 1 aromatic rings. The zero-order valence-electron chi connectivity index (χ0n) is 13.2. The minimum Gasteiger partial charge on any atom is -0.316 e. The van der Waals surface area contributed by atoms with Crippen molar-refractivity contribution in [2.24, 2.45) is 0 Å². The van der Waals surface area contributed by atoms with Crippen LogP contribution in [-0.4, -0.2) is 33.6 Å². The van der Waals surface area contributed by atoms with Gasteiger partial charge in [0, 0.05) is 24.3 Å². The molecule has 0 radical (unpaired) electrons. The van der Waals surface area contributed by atoms with Crippen LogP contribution < -0.4 is 5.32 Å². The molecule has 0 bridgehead atoms. The standard InChI is InChI=1S/C16H28N4S/c1-2-3-4-5-10-17-11-12-21-16-19-18-15(13-6-7-13)20(16)14-8-9-14/h13-14,17H,2-12H2,1H3. The average molecular weight is 308 g/mol. The average Bonchev–Trinajstić information content (AvgIpc) is 3.41. The maximum atomic E-state index is 4.46. The molecule has 0 atom stereocenters. The van der Waals surface area contributed by atoms with Crippen molar-refractivity contribution in [1.29, 1.82) is 0 Å².